The van der Waals surface area contributed by atoms with Crippen molar-refractivity contribution in [1.82, 2.24) is 0 Å². The van der Waals surface area contributed by atoms with Crippen molar-refractivity contribution in [1.29, 1.82) is 0 Å². The molecule has 0 spiro atoms. The molecule has 5 rings (SSSR count). The van der Waals surface area contributed by atoms with E-state index in [0.29, 0.717) is 16.7 Å². The summed E-state index contributed by atoms with van der Waals surface area (Å²) >= 11 is 0. The highest BCUT2D eigenvalue weighted by Crippen LogP contribution is 2.67. The van der Waals surface area contributed by atoms with E-state index in [4.69, 9.17) is 11.5 Å². The maximum Gasteiger partial charge on any atom is 0.0340 e. The molecule has 0 radical (unpaired) electrons. The van der Waals surface area contributed by atoms with E-state index in [9.17, 15) is 0 Å². The minimum absolute atomic E-state index is 0.473. The smallest absolute Gasteiger partial charge is 0.0340 e. The second kappa shape index (κ2) is 12.7. The van der Waals surface area contributed by atoms with Gasteiger partial charge in [0.05, 0.1) is 0 Å². The third-order valence-corrected chi connectivity index (χ3v) is 12.4. The van der Waals surface area contributed by atoms with Crippen LogP contribution >= 0.6 is 0 Å². The number of hydrogen-bond acceptors (Lipinski definition) is 2. The van der Waals surface area contributed by atoms with Gasteiger partial charge in [-0.2, -0.15) is 0 Å². The summed E-state index contributed by atoms with van der Waals surface area (Å²) in [7, 11) is 0. The van der Waals surface area contributed by atoms with Crippen molar-refractivity contribution in [3.05, 3.63) is 42.5 Å². The topological polar surface area (TPSA) is 52.0 Å². The largest absolute Gasteiger partial charge is 0.399 e. The molecule has 2 nitrogen and oxygen atoms in total. The van der Waals surface area contributed by atoms with E-state index in [2.05, 4.69) is 53.3 Å². The molecule has 224 valence electrons. The predicted octanol–water partition coefficient (Wildman–Crippen LogP) is 10.8. The van der Waals surface area contributed by atoms with Gasteiger partial charge in [0, 0.05) is 11.4 Å². The molecule has 0 bridgehead atoms. The molecule has 3 saturated carbocycles. The molecule has 1 aromatic carbocycles. The predicted molar refractivity (Wildman–Crippen MR) is 177 cm³/mol. The van der Waals surface area contributed by atoms with Crippen molar-refractivity contribution in [2.75, 3.05) is 11.5 Å². The minimum Gasteiger partial charge on any atom is -0.399 e. The van der Waals surface area contributed by atoms with Crippen LogP contribution in [0.2, 0.25) is 0 Å². The van der Waals surface area contributed by atoms with Crippen molar-refractivity contribution in [2.45, 2.75) is 119 Å². The number of anilines is 2. The normalized spacial score (nSPS) is 37.1. The Balaban J connectivity index is 0.00000181. The van der Waals surface area contributed by atoms with Gasteiger partial charge in [-0.15, -0.1) is 0 Å². The zero-order valence-corrected chi connectivity index (χ0v) is 27.1. The van der Waals surface area contributed by atoms with Gasteiger partial charge < -0.3 is 11.5 Å². The fourth-order valence-electron chi connectivity index (χ4n) is 10.3. The number of rotatable bonds is 8. The summed E-state index contributed by atoms with van der Waals surface area (Å²) in [4.78, 5) is 0. The maximum absolute atomic E-state index is 6.07. The van der Waals surface area contributed by atoms with E-state index >= 15 is 0 Å². The number of fused-ring (bicyclic) bond motifs is 5. The zero-order valence-electron chi connectivity index (χ0n) is 27.1. The molecule has 4 N–H and O–H groups in total. The standard InChI is InChI=1S/C36H56N2.C2H6/c1-23(2)8-7-9-24(3)32-12-13-33-31-11-10-28-19-26(18-25(4)27-20-29(37)22-30(38)21-27)14-16-35(28,5)34(31)15-17-36(32,33)6;1-2/h10-11,20-24,26,28,31-34H,4,7-9,12-19,37-38H2,1-3,5-6H3;1-2H3. The van der Waals surface area contributed by atoms with Crippen LogP contribution in [0, 0.1) is 58.2 Å². The van der Waals surface area contributed by atoms with E-state index in [1.165, 1.54) is 69.8 Å². The van der Waals surface area contributed by atoms with Crippen LogP contribution in [0.4, 0.5) is 11.4 Å². The molecule has 3 fully saturated rings. The molecular weight excluding hydrogens is 484 g/mol. The first-order chi connectivity index (χ1) is 19.0. The van der Waals surface area contributed by atoms with Gasteiger partial charge in [0.1, 0.15) is 0 Å². The zero-order chi connectivity index (χ0) is 29.2. The molecular formula is C38H62N2. The highest BCUT2D eigenvalue weighted by Gasteiger charge is 2.59. The number of hydrogen-bond donors (Lipinski definition) is 2. The first-order valence-corrected chi connectivity index (χ1v) is 17.0. The molecule has 0 saturated heterocycles. The Kier molecular flexibility index (Phi) is 9.89. The van der Waals surface area contributed by atoms with Crippen LogP contribution in [-0.2, 0) is 0 Å². The van der Waals surface area contributed by atoms with E-state index in [0.717, 1.165) is 64.8 Å². The van der Waals surface area contributed by atoms with Crippen LogP contribution in [0.25, 0.3) is 5.57 Å². The Hall–Kier alpha value is -1.70. The number of allylic oxidation sites excluding steroid dienone is 3. The number of nitrogen functional groups attached to an aromatic ring is 2. The summed E-state index contributed by atoms with van der Waals surface area (Å²) in [6, 6.07) is 5.91. The Morgan fingerprint density at radius 2 is 1.52 bits per heavy atom. The Morgan fingerprint density at radius 1 is 0.875 bits per heavy atom. The van der Waals surface area contributed by atoms with Crippen LogP contribution in [0.3, 0.4) is 0 Å². The van der Waals surface area contributed by atoms with Gasteiger partial charge in [-0.25, -0.2) is 0 Å². The second-order valence-corrected chi connectivity index (χ2v) is 15.2. The van der Waals surface area contributed by atoms with Crippen LogP contribution in [0.15, 0.2) is 36.9 Å². The summed E-state index contributed by atoms with van der Waals surface area (Å²) in [5.74, 6) is 6.68. The lowest BCUT2D eigenvalue weighted by Crippen LogP contribution is -2.52. The highest BCUT2D eigenvalue weighted by atomic mass is 14.6. The van der Waals surface area contributed by atoms with Gasteiger partial charge in [0.15, 0.2) is 0 Å². The summed E-state index contributed by atoms with van der Waals surface area (Å²) in [5.41, 5.74) is 17.0. The van der Waals surface area contributed by atoms with Crippen molar-refractivity contribution in [3.8, 4) is 0 Å². The highest BCUT2D eigenvalue weighted by molar-refractivity contribution is 5.70. The van der Waals surface area contributed by atoms with E-state index in [1.807, 2.05) is 32.0 Å². The first kappa shape index (κ1) is 31.2. The minimum atomic E-state index is 0.473. The van der Waals surface area contributed by atoms with Crippen LogP contribution in [-0.4, -0.2) is 0 Å². The van der Waals surface area contributed by atoms with E-state index in [-0.39, 0.29) is 0 Å². The molecule has 40 heavy (non-hydrogen) atoms. The fraction of sp³-hybridized carbons (Fsp3) is 0.737. The lowest BCUT2D eigenvalue weighted by molar-refractivity contribution is -0.0709. The third kappa shape index (κ3) is 6.07. The Bertz CT molecular complexity index is 1020. The summed E-state index contributed by atoms with van der Waals surface area (Å²) < 4.78 is 0. The maximum atomic E-state index is 6.07. The molecule has 0 aromatic heterocycles. The summed E-state index contributed by atoms with van der Waals surface area (Å²) in [6.07, 6.45) is 20.6. The van der Waals surface area contributed by atoms with Crippen LogP contribution < -0.4 is 11.5 Å². The van der Waals surface area contributed by atoms with Crippen LogP contribution in [0.5, 0.6) is 0 Å². The molecule has 4 aliphatic carbocycles. The van der Waals surface area contributed by atoms with Gasteiger partial charge in [0.2, 0.25) is 0 Å². The molecule has 0 amide bonds. The van der Waals surface area contributed by atoms with Crippen molar-refractivity contribution in [2.24, 2.45) is 58.2 Å². The third-order valence-electron chi connectivity index (χ3n) is 12.4. The second-order valence-electron chi connectivity index (χ2n) is 15.2. The summed E-state index contributed by atoms with van der Waals surface area (Å²) in [6.45, 7) is 21.2. The number of benzene rings is 1. The fourth-order valence-corrected chi connectivity index (χ4v) is 10.3. The monoisotopic (exact) mass is 546 g/mol. The average Bonchev–Trinajstić information content (AvgIpc) is 3.26. The van der Waals surface area contributed by atoms with Crippen molar-refractivity contribution >= 4 is 16.9 Å². The molecule has 4 aliphatic rings. The lowest BCUT2D eigenvalue weighted by Gasteiger charge is -2.59. The SMILES string of the molecule is C=C(CC1CCC2(C)C(C=CC3C2CCC2(C)C(C(C)CCCC(C)C)CCC32)C1)c1cc(N)cc(N)c1.CC. The van der Waals surface area contributed by atoms with Crippen LogP contribution in [0.1, 0.15) is 125 Å². The Labute approximate surface area is 247 Å². The van der Waals surface area contributed by atoms with Gasteiger partial charge in [-0.1, -0.05) is 86.5 Å². The molecule has 0 aliphatic heterocycles. The molecule has 0 heterocycles. The number of nitrogens with two attached hydrogens (primary N) is 2. The van der Waals surface area contributed by atoms with Gasteiger partial charge in [0.25, 0.3) is 0 Å². The summed E-state index contributed by atoms with van der Waals surface area (Å²) in [5, 5.41) is 0. The molecule has 1 aromatic rings. The lowest BCUT2D eigenvalue weighted by atomic mass is 9.45. The van der Waals surface area contributed by atoms with E-state index in [1.54, 1.807) is 0 Å². The van der Waals surface area contributed by atoms with Gasteiger partial charge in [-0.3, -0.25) is 0 Å². The van der Waals surface area contributed by atoms with Gasteiger partial charge >= 0.3 is 0 Å². The Morgan fingerprint density at radius 3 is 2.20 bits per heavy atom. The van der Waals surface area contributed by atoms with Crippen molar-refractivity contribution < 1.29 is 0 Å². The van der Waals surface area contributed by atoms with Crippen molar-refractivity contribution in [3.63, 3.8) is 0 Å². The molecule has 9 unspecified atom stereocenters. The van der Waals surface area contributed by atoms with E-state index < -0.39 is 0 Å². The first-order valence-electron chi connectivity index (χ1n) is 17.0. The average molecular weight is 547 g/mol. The molecule has 2 heteroatoms. The molecule has 9 atom stereocenters. The quantitative estimate of drug-likeness (QED) is 0.252. The van der Waals surface area contributed by atoms with Gasteiger partial charge in [-0.05, 0) is 139 Å².